The van der Waals surface area contributed by atoms with E-state index in [0.717, 1.165) is 31.4 Å². The Hall–Kier alpha value is -1.42. The summed E-state index contributed by atoms with van der Waals surface area (Å²) >= 11 is 0. The van der Waals surface area contributed by atoms with Gasteiger partial charge in [-0.05, 0) is 31.0 Å². The molecular formula is C14H23N3O. The summed E-state index contributed by atoms with van der Waals surface area (Å²) in [5, 5.41) is 13.8. The van der Waals surface area contributed by atoms with Gasteiger partial charge < -0.3 is 21.9 Å². The predicted octanol–water partition coefficient (Wildman–Crippen LogP) is 2.35. The second kappa shape index (κ2) is 5.48. The smallest absolute Gasteiger partial charge is 0.0819 e. The molecule has 1 aromatic rings. The zero-order valence-electron chi connectivity index (χ0n) is 10.8. The van der Waals surface area contributed by atoms with E-state index < -0.39 is 5.60 Å². The van der Waals surface area contributed by atoms with Crippen molar-refractivity contribution in [2.24, 2.45) is 0 Å². The standard InChI is InChI=1S/C14H23N3O/c15-12-6-5-11(9-13(12)16)17-10-14(18)7-3-1-2-4-8-14/h5-6,9,17-18H,1-4,7-8,10,15-16H2. The third-order valence-electron chi connectivity index (χ3n) is 3.74. The second-order valence-electron chi connectivity index (χ2n) is 5.34. The molecule has 0 bridgehead atoms. The first-order chi connectivity index (χ1) is 8.59. The number of nitrogens with two attached hydrogens (primary N) is 2. The molecule has 1 aliphatic rings. The van der Waals surface area contributed by atoms with Crippen LogP contribution < -0.4 is 16.8 Å². The van der Waals surface area contributed by atoms with E-state index in [0.29, 0.717) is 17.9 Å². The molecular weight excluding hydrogens is 226 g/mol. The summed E-state index contributed by atoms with van der Waals surface area (Å²) < 4.78 is 0. The molecule has 1 fully saturated rings. The van der Waals surface area contributed by atoms with Crippen LogP contribution in [0.3, 0.4) is 0 Å². The highest BCUT2D eigenvalue weighted by atomic mass is 16.3. The van der Waals surface area contributed by atoms with Crippen LogP contribution in [0.25, 0.3) is 0 Å². The maximum atomic E-state index is 10.5. The highest BCUT2D eigenvalue weighted by Gasteiger charge is 2.27. The summed E-state index contributed by atoms with van der Waals surface area (Å²) in [6, 6.07) is 5.50. The number of hydrogen-bond donors (Lipinski definition) is 4. The van der Waals surface area contributed by atoms with E-state index >= 15 is 0 Å². The minimum absolute atomic E-state index is 0.577. The minimum atomic E-state index is -0.577. The first kappa shape index (κ1) is 13.0. The monoisotopic (exact) mass is 249 g/mol. The van der Waals surface area contributed by atoms with Gasteiger partial charge in [0.15, 0.2) is 0 Å². The van der Waals surface area contributed by atoms with Gasteiger partial charge >= 0.3 is 0 Å². The predicted molar refractivity (Wildman–Crippen MR) is 76.4 cm³/mol. The fraction of sp³-hybridized carbons (Fsp3) is 0.571. The third kappa shape index (κ3) is 3.29. The quantitative estimate of drug-likeness (QED) is 0.489. The lowest BCUT2D eigenvalue weighted by molar-refractivity contribution is 0.0381. The van der Waals surface area contributed by atoms with E-state index in [2.05, 4.69) is 5.32 Å². The van der Waals surface area contributed by atoms with Gasteiger partial charge in [0, 0.05) is 12.2 Å². The summed E-state index contributed by atoms with van der Waals surface area (Å²) in [5.74, 6) is 0. The molecule has 0 aromatic heterocycles. The van der Waals surface area contributed by atoms with E-state index in [-0.39, 0.29) is 0 Å². The number of anilines is 3. The van der Waals surface area contributed by atoms with Crippen LogP contribution in [-0.2, 0) is 0 Å². The highest BCUT2D eigenvalue weighted by Crippen LogP contribution is 2.28. The van der Waals surface area contributed by atoms with Crippen LogP contribution in [0.1, 0.15) is 38.5 Å². The van der Waals surface area contributed by atoms with E-state index in [4.69, 9.17) is 11.5 Å². The van der Waals surface area contributed by atoms with Crippen LogP contribution in [0.5, 0.6) is 0 Å². The molecule has 6 N–H and O–H groups in total. The molecule has 0 radical (unpaired) electrons. The fourth-order valence-corrected chi connectivity index (χ4v) is 2.51. The molecule has 0 amide bonds. The largest absolute Gasteiger partial charge is 0.397 e. The Balaban J connectivity index is 1.95. The molecule has 1 aliphatic carbocycles. The molecule has 0 unspecified atom stereocenters. The molecule has 1 saturated carbocycles. The Bertz CT molecular complexity index is 398. The van der Waals surface area contributed by atoms with Gasteiger partial charge in [-0.25, -0.2) is 0 Å². The zero-order valence-corrected chi connectivity index (χ0v) is 10.8. The Morgan fingerprint density at radius 3 is 2.33 bits per heavy atom. The van der Waals surface area contributed by atoms with Crippen molar-refractivity contribution in [2.45, 2.75) is 44.1 Å². The molecule has 100 valence electrons. The van der Waals surface area contributed by atoms with E-state index in [1.54, 1.807) is 6.07 Å². The van der Waals surface area contributed by atoms with E-state index in [1.165, 1.54) is 12.8 Å². The van der Waals surface area contributed by atoms with Crippen molar-refractivity contribution < 1.29 is 5.11 Å². The molecule has 4 nitrogen and oxygen atoms in total. The van der Waals surface area contributed by atoms with Crippen molar-refractivity contribution >= 4 is 17.1 Å². The molecule has 1 aromatic carbocycles. The van der Waals surface area contributed by atoms with Crippen molar-refractivity contribution in [3.63, 3.8) is 0 Å². The molecule has 0 heterocycles. The van der Waals surface area contributed by atoms with Crippen LogP contribution in [0.4, 0.5) is 17.1 Å². The van der Waals surface area contributed by atoms with Crippen LogP contribution in [-0.4, -0.2) is 17.3 Å². The van der Waals surface area contributed by atoms with Crippen LogP contribution in [0.2, 0.25) is 0 Å². The molecule has 0 aliphatic heterocycles. The number of nitrogen functional groups attached to an aromatic ring is 2. The van der Waals surface area contributed by atoms with E-state index in [1.807, 2.05) is 12.1 Å². The van der Waals surface area contributed by atoms with Gasteiger partial charge in [-0.3, -0.25) is 0 Å². The zero-order chi connectivity index (χ0) is 13.0. The Kier molecular flexibility index (Phi) is 3.97. The number of aliphatic hydroxyl groups is 1. The lowest BCUT2D eigenvalue weighted by Gasteiger charge is -2.27. The maximum Gasteiger partial charge on any atom is 0.0819 e. The van der Waals surface area contributed by atoms with Crippen LogP contribution in [0.15, 0.2) is 18.2 Å². The van der Waals surface area contributed by atoms with Gasteiger partial charge in [-0.1, -0.05) is 25.7 Å². The average Bonchev–Trinajstić information content (AvgIpc) is 2.56. The second-order valence-corrected chi connectivity index (χ2v) is 5.34. The SMILES string of the molecule is Nc1ccc(NCC2(O)CCCCCC2)cc1N. The van der Waals surface area contributed by atoms with Gasteiger partial charge in [-0.2, -0.15) is 0 Å². The molecule has 2 rings (SSSR count). The van der Waals surface area contributed by atoms with Crippen molar-refractivity contribution in [3.05, 3.63) is 18.2 Å². The number of nitrogens with one attached hydrogen (secondary N) is 1. The summed E-state index contributed by atoms with van der Waals surface area (Å²) in [7, 11) is 0. The fourth-order valence-electron chi connectivity index (χ4n) is 2.51. The Morgan fingerprint density at radius 1 is 1.06 bits per heavy atom. The van der Waals surface area contributed by atoms with Crippen LogP contribution >= 0.6 is 0 Å². The number of hydrogen-bond acceptors (Lipinski definition) is 4. The lowest BCUT2D eigenvalue weighted by atomic mass is 9.94. The van der Waals surface area contributed by atoms with Gasteiger partial charge in [0.2, 0.25) is 0 Å². The number of rotatable bonds is 3. The molecule has 0 spiro atoms. The molecule has 18 heavy (non-hydrogen) atoms. The normalized spacial score (nSPS) is 19.2. The first-order valence-electron chi connectivity index (χ1n) is 6.70. The van der Waals surface area contributed by atoms with Gasteiger partial charge in [-0.15, -0.1) is 0 Å². The van der Waals surface area contributed by atoms with Crippen LogP contribution in [0, 0.1) is 0 Å². The van der Waals surface area contributed by atoms with Crippen molar-refractivity contribution in [3.8, 4) is 0 Å². The molecule has 4 heteroatoms. The van der Waals surface area contributed by atoms with Crippen molar-refractivity contribution in [1.29, 1.82) is 0 Å². The summed E-state index contributed by atoms with van der Waals surface area (Å²) in [6.45, 7) is 0.580. The average molecular weight is 249 g/mol. The number of benzene rings is 1. The maximum absolute atomic E-state index is 10.5. The summed E-state index contributed by atoms with van der Waals surface area (Å²) in [5.41, 5.74) is 12.9. The molecule has 0 atom stereocenters. The lowest BCUT2D eigenvalue weighted by Crippen LogP contribution is -2.36. The highest BCUT2D eigenvalue weighted by molar-refractivity contribution is 5.69. The topological polar surface area (TPSA) is 84.3 Å². The van der Waals surface area contributed by atoms with E-state index in [9.17, 15) is 5.11 Å². The van der Waals surface area contributed by atoms with Gasteiger partial charge in [0.1, 0.15) is 0 Å². The van der Waals surface area contributed by atoms with Crippen molar-refractivity contribution in [2.75, 3.05) is 23.3 Å². The summed E-state index contributed by atoms with van der Waals surface area (Å²) in [6.07, 6.45) is 6.45. The van der Waals surface area contributed by atoms with Gasteiger partial charge in [0.05, 0.1) is 17.0 Å². The minimum Gasteiger partial charge on any atom is -0.397 e. The first-order valence-corrected chi connectivity index (χ1v) is 6.70. The molecule has 0 saturated heterocycles. The summed E-state index contributed by atoms with van der Waals surface area (Å²) in [4.78, 5) is 0. The van der Waals surface area contributed by atoms with Crippen molar-refractivity contribution in [1.82, 2.24) is 0 Å². The van der Waals surface area contributed by atoms with Gasteiger partial charge in [0.25, 0.3) is 0 Å². The Morgan fingerprint density at radius 2 is 1.72 bits per heavy atom. The third-order valence-corrected chi connectivity index (χ3v) is 3.74. The Labute approximate surface area is 108 Å².